The predicted octanol–water partition coefficient (Wildman–Crippen LogP) is 0.495. The van der Waals surface area contributed by atoms with Gasteiger partial charge in [-0.05, 0) is 25.8 Å². The Labute approximate surface area is 150 Å². The third kappa shape index (κ3) is 3.54. The van der Waals surface area contributed by atoms with Crippen LogP contribution in [0.2, 0.25) is 0 Å². The molecule has 3 N–H and O–H groups in total. The van der Waals surface area contributed by atoms with Gasteiger partial charge in [0.15, 0.2) is 0 Å². The molecule has 0 unspecified atom stereocenters. The topological polar surface area (TPSA) is 103 Å². The van der Waals surface area contributed by atoms with Crippen LogP contribution in [0.15, 0.2) is 30.3 Å². The number of aromatic nitrogens is 1. The summed E-state index contributed by atoms with van der Waals surface area (Å²) in [7, 11) is -1.62. The van der Waals surface area contributed by atoms with Crippen molar-refractivity contribution in [2.75, 3.05) is 6.54 Å². The van der Waals surface area contributed by atoms with E-state index in [1.54, 1.807) is 24.3 Å². The molecule has 1 fully saturated rings. The third-order valence-corrected chi connectivity index (χ3v) is 4.57. The van der Waals surface area contributed by atoms with E-state index in [0.717, 1.165) is 6.07 Å². The Morgan fingerprint density at radius 2 is 2.12 bits per heavy atom. The van der Waals surface area contributed by atoms with Gasteiger partial charge in [0, 0.05) is 18.0 Å². The van der Waals surface area contributed by atoms with Crippen molar-refractivity contribution in [3.63, 3.8) is 0 Å². The van der Waals surface area contributed by atoms with Gasteiger partial charge in [0.05, 0.1) is 17.0 Å². The molecule has 136 valence electrons. The van der Waals surface area contributed by atoms with Gasteiger partial charge in [-0.3, -0.25) is 9.59 Å². The Hall–Kier alpha value is -2.52. The summed E-state index contributed by atoms with van der Waals surface area (Å²) in [4.78, 5) is 30.3. The normalized spacial score (nSPS) is 18.0. The van der Waals surface area contributed by atoms with Crippen molar-refractivity contribution in [2.45, 2.75) is 31.7 Å². The molecule has 3 rings (SSSR count). The van der Waals surface area contributed by atoms with Crippen molar-refractivity contribution in [3.05, 3.63) is 41.8 Å². The second-order valence-corrected chi connectivity index (χ2v) is 6.36. The van der Waals surface area contributed by atoms with Crippen LogP contribution in [0.1, 0.15) is 30.1 Å². The van der Waals surface area contributed by atoms with Crippen LogP contribution in [-0.2, 0) is 4.79 Å². The number of para-hydroxylation sites is 1. The lowest BCUT2D eigenvalue weighted by Crippen LogP contribution is -2.52. The number of amides is 2. The van der Waals surface area contributed by atoms with Crippen molar-refractivity contribution in [3.8, 4) is 0 Å². The lowest BCUT2D eigenvalue weighted by atomic mass is 9.78. The van der Waals surface area contributed by atoms with Crippen molar-refractivity contribution in [1.82, 2.24) is 15.2 Å². The molecule has 2 amide bonds. The molecule has 0 aliphatic carbocycles. The van der Waals surface area contributed by atoms with Crippen LogP contribution in [0.4, 0.5) is 4.39 Å². The maximum Gasteiger partial charge on any atom is 0.475 e. The van der Waals surface area contributed by atoms with Crippen LogP contribution in [0.5, 0.6) is 0 Å². The summed E-state index contributed by atoms with van der Waals surface area (Å²) in [6, 6.07) is 6.80. The highest BCUT2D eigenvalue weighted by molar-refractivity contribution is 6.43. The highest BCUT2D eigenvalue weighted by Gasteiger charge is 2.38. The highest BCUT2D eigenvalue weighted by Crippen LogP contribution is 2.20. The Morgan fingerprint density at radius 3 is 2.85 bits per heavy atom. The molecule has 1 saturated heterocycles. The van der Waals surface area contributed by atoms with Crippen molar-refractivity contribution < 1.29 is 24.0 Å². The van der Waals surface area contributed by atoms with Gasteiger partial charge in [-0.15, -0.1) is 0 Å². The zero-order chi connectivity index (χ0) is 18.8. The van der Waals surface area contributed by atoms with Crippen LogP contribution in [-0.4, -0.2) is 57.4 Å². The number of fused-ring (bicyclic) bond motifs is 1. The fourth-order valence-electron chi connectivity index (χ4n) is 3.29. The predicted molar refractivity (Wildman–Crippen MR) is 93.6 cm³/mol. The molecular weight excluding hydrogens is 340 g/mol. The lowest BCUT2D eigenvalue weighted by molar-refractivity contribution is -0.132. The number of nitrogens with zero attached hydrogens (tertiary/aromatic N) is 2. The van der Waals surface area contributed by atoms with E-state index in [1.807, 2.05) is 0 Å². The number of hydrogen-bond donors (Lipinski definition) is 3. The monoisotopic (exact) mass is 359 g/mol. The quantitative estimate of drug-likeness (QED) is 0.545. The SMILES string of the molecule is C[C@@H](NC(=O)c1cc(F)nc2ccccc12)C(=O)N1CCC[C@H]1B(O)O. The minimum Gasteiger partial charge on any atom is -0.426 e. The van der Waals surface area contributed by atoms with E-state index >= 15 is 0 Å². The van der Waals surface area contributed by atoms with Gasteiger partial charge in [-0.25, -0.2) is 4.98 Å². The van der Waals surface area contributed by atoms with E-state index in [9.17, 15) is 24.0 Å². The Bertz CT molecular complexity index is 848. The molecule has 0 spiro atoms. The standard InChI is InChI=1S/C17H19BFN3O4/c1-10(17(24)22-8-4-7-14(22)18(25)26)20-16(23)12-9-15(19)21-13-6-3-2-5-11(12)13/h2-3,5-6,9-10,14,25-26H,4,7-8H2,1H3,(H,20,23)/t10-,14+/m1/s1. The Morgan fingerprint density at radius 1 is 1.38 bits per heavy atom. The maximum absolute atomic E-state index is 13.7. The fourth-order valence-corrected chi connectivity index (χ4v) is 3.29. The number of nitrogens with one attached hydrogen (secondary N) is 1. The van der Waals surface area contributed by atoms with Crippen LogP contribution >= 0.6 is 0 Å². The molecule has 1 aliphatic heterocycles. The van der Waals surface area contributed by atoms with Gasteiger partial charge in [-0.2, -0.15) is 4.39 Å². The van der Waals surface area contributed by atoms with Crippen molar-refractivity contribution in [2.24, 2.45) is 0 Å². The first kappa shape index (κ1) is 18.3. The highest BCUT2D eigenvalue weighted by atomic mass is 19.1. The molecule has 0 bridgehead atoms. The molecule has 26 heavy (non-hydrogen) atoms. The van der Waals surface area contributed by atoms with E-state index in [1.165, 1.54) is 11.8 Å². The zero-order valence-electron chi connectivity index (χ0n) is 14.2. The molecule has 0 radical (unpaired) electrons. The summed E-state index contributed by atoms with van der Waals surface area (Å²) < 4.78 is 13.7. The van der Waals surface area contributed by atoms with E-state index in [0.29, 0.717) is 30.3 Å². The summed E-state index contributed by atoms with van der Waals surface area (Å²) in [6.07, 6.45) is 1.15. The minimum absolute atomic E-state index is 0.0907. The number of pyridine rings is 1. The van der Waals surface area contributed by atoms with Crippen LogP contribution < -0.4 is 5.32 Å². The number of rotatable bonds is 4. The molecule has 9 heteroatoms. The minimum atomic E-state index is -1.62. The fraction of sp³-hybridized carbons (Fsp3) is 0.353. The number of hydrogen-bond acceptors (Lipinski definition) is 5. The Balaban J connectivity index is 1.79. The molecule has 1 aliphatic rings. The van der Waals surface area contributed by atoms with Gasteiger partial charge in [-0.1, -0.05) is 18.2 Å². The first-order valence-electron chi connectivity index (χ1n) is 8.41. The number of halogens is 1. The van der Waals surface area contributed by atoms with E-state index in [2.05, 4.69) is 10.3 Å². The first-order valence-corrected chi connectivity index (χ1v) is 8.41. The average Bonchev–Trinajstić information content (AvgIpc) is 3.10. The van der Waals surface area contributed by atoms with Crippen LogP contribution in [0.3, 0.4) is 0 Å². The van der Waals surface area contributed by atoms with E-state index < -0.39 is 36.9 Å². The van der Waals surface area contributed by atoms with Crippen LogP contribution in [0, 0.1) is 5.95 Å². The third-order valence-electron chi connectivity index (χ3n) is 4.57. The second kappa shape index (κ2) is 7.39. The number of likely N-dealkylation sites (tertiary alicyclic amines) is 1. The summed E-state index contributed by atoms with van der Waals surface area (Å²) in [5, 5.41) is 21.8. The molecule has 7 nitrogen and oxygen atoms in total. The van der Waals surface area contributed by atoms with Crippen LogP contribution in [0.25, 0.3) is 10.9 Å². The number of carbonyl (C=O) groups excluding carboxylic acids is 2. The molecule has 2 heterocycles. The van der Waals surface area contributed by atoms with E-state index in [-0.39, 0.29) is 5.56 Å². The summed E-state index contributed by atoms with van der Waals surface area (Å²) in [6.45, 7) is 1.91. The van der Waals surface area contributed by atoms with E-state index in [4.69, 9.17) is 0 Å². The molecular formula is C17H19BFN3O4. The van der Waals surface area contributed by atoms with Gasteiger partial charge >= 0.3 is 7.12 Å². The van der Waals surface area contributed by atoms with Gasteiger partial charge in [0.2, 0.25) is 11.9 Å². The smallest absolute Gasteiger partial charge is 0.426 e. The van der Waals surface area contributed by atoms with Gasteiger partial charge in [0.25, 0.3) is 5.91 Å². The average molecular weight is 359 g/mol. The summed E-state index contributed by atoms with van der Waals surface area (Å²) >= 11 is 0. The number of carbonyl (C=O) groups is 2. The zero-order valence-corrected chi connectivity index (χ0v) is 14.2. The Kier molecular flexibility index (Phi) is 5.19. The van der Waals surface area contributed by atoms with Gasteiger partial charge < -0.3 is 20.3 Å². The molecule has 0 saturated carbocycles. The second-order valence-electron chi connectivity index (χ2n) is 6.36. The first-order chi connectivity index (χ1) is 12.4. The lowest BCUT2D eigenvalue weighted by Gasteiger charge is -2.27. The summed E-state index contributed by atoms with van der Waals surface area (Å²) in [5.74, 6) is -2.46. The summed E-state index contributed by atoms with van der Waals surface area (Å²) in [5.41, 5.74) is 0.438. The maximum atomic E-state index is 13.7. The molecule has 2 atom stereocenters. The largest absolute Gasteiger partial charge is 0.475 e. The molecule has 1 aromatic carbocycles. The van der Waals surface area contributed by atoms with Crippen molar-refractivity contribution >= 4 is 29.8 Å². The number of benzene rings is 1. The van der Waals surface area contributed by atoms with Crippen molar-refractivity contribution in [1.29, 1.82) is 0 Å². The molecule has 1 aromatic heterocycles. The molecule has 2 aromatic rings. The van der Waals surface area contributed by atoms with Gasteiger partial charge in [0.1, 0.15) is 6.04 Å².